The molecule has 1 heterocycles. The summed E-state index contributed by atoms with van der Waals surface area (Å²) in [6.45, 7) is 8.38. The Balaban J connectivity index is 2.22. The number of nitrogens with one attached hydrogen (secondary N) is 1. The predicted octanol–water partition coefficient (Wildman–Crippen LogP) is 3.15. The Hall–Kier alpha value is -2.28. The first kappa shape index (κ1) is 19.1. The highest BCUT2D eigenvalue weighted by atomic mass is 32.2. The lowest BCUT2D eigenvalue weighted by Crippen LogP contribution is -2.33. The summed E-state index contributed by atoms with van der Waals surface area (Å²) in [6.07, 6.45) is 2.69. The summed E-state index contributed by atoms with van der Waals surface area (Å²) in [6, 6.07) is 7.83. The van der Waals surface area contributed by atoms with Gasteiger partial charge in [0.15, 0.2) is 11.0 Å². The fraction of sp³-hybridized carbons (Fsp3) is 0.389. The van der Waals surface area contributed by atoms with E-state index in [2.05, 4.69) is 22.1 Å². The monoisotopic (exact) mass is 360 g/mol. The zero-order chi connectivity index (χ0) is 18.2. The van der Waals surface area contributed by atoms with Gasteiger partial charge in [-0.2, -0.15) is 0 Å². The molecule has 6 nitrogen and oxygen atoms in total. The molecule has 0 saturated heterocycles. The number of para-hydroxylation sites is 1. The van der Waals surface area contributed by atoms with Gasteiger partial charge in [-0.05, 0) is 25.5 Å². The molecule has 0 unspecified atom stereocenters. The zero-order valence-corrected chi connectivity index (χ0v) is 15.7. The number of allylic oxidation sites excluding steroid dienone is 1. The third kappa shape index (κ3) is 4.85. The number of carbonyl (C=O) groups excluding carboxylic acids is 1. The Morgan fingerprint density at radius 3 is 2.88 bits per heavy atom. The summed E-state index contributed by atoms with van der Waals surface area (Å²) in [5, 5.41) is 12.2. The number of benzene rings is 1. The molecule has 0 aliphatic rings. The van der Waals surface area contributed by atoms with Gasteiger partial charge in [0, 0.05) is 12.6 Å². The molecule has 134 valence electrons. The lowest BCUT2D eigenvalue weighted by Gasteiger charge is -2.12. The van der Waals surface area contributed by atoms with Crippen LogP contribution < -0.4 is 10.1 Å². The Kier molecular flexibility index (Phi) is 7.06. The molecular formula is C18H24N4O2S. The largest absolute Gasteiger partial charge is 0.496 e. The smallest absolute Gasteiger partial charge is 0.230 e. The highest BCUT2D eigenvalue weighted by molar-refractivity contribution is 7.99. The molecule has 0 aliphatic heterocycles. The van der Waals surface area contributed by atoms with Crippen LogP contribution in [0.25, 0.3) is 11.4 Å². The van der Waals surface area contributed by atoms with Crippen LogP contribution in [-0.2, 0) is 11.3 Å². The number of thioether (sulfide) groups is 1. The van der Waals surface area contributed by atoms with Crippen LogP contribution in [-0.4, -0.2) is 39.6 Å². The van der Waals surface area contributed by atoms with Crippen LogP contribution in [0.15, 0.2) is 42.1 Å². The van der Waals surface area contributed by atoms with Crippen molar-refractivity contribution in [3.05, 3.63) is 36.9 Å². The van der Waals surface area contributed by atoms with E-state index < -0.39 is 0 Å². The molecule has 7 heteroatoms. The summed E-state index contributed by atoms with van der Waals surface area (Å²) in [4.78, 5) is 12.0. The minimum absolute atomic E-state index is 0.00801. The number of rotatable bonds is 9. The molecule has 0 radical (unpaired) electrons. The van der Waals surface area contributed by atoms with Crippen LogP contribution in [0.3, 0.4) is 0 Å². The molecule has 1 aromatic heterocycles. The number of ether oxygens (including phenoxy) is 1. The summed E-state index contributed by atoms with van der Waals surface area (Å²) >= 11 is 1.37. The first-order chi connectivity index (χ1) is 12.1. The second-order valence-electron chi connectivity index (χ2n) is 5.57. The van der Waals surface area contributed by atoms with Crippen molar-refractivity contribution in [2.24, 2.45) is 0 Å². The van der Waals surface area contributed by atoms with Gasteiger partial charge in [0.2, 0.25) is 5.91 Å². The van der Waals surface area contributed by atoms with Crippen molar-refractivity contribution in [2.75, 3.05) is 12.9 Å². The molecule has 0 fully saturated rings. The van der Waals surface area contributed by atoms with Gasteiger partial charge in [0.05, 0.1) is 18.4 Å². The van der Waals surface area contributed by atoms with Crippen molar-refractivity contribution < 1.29 is 9.53 Å². The van der Waals surface area contributed by atoms with E-state index in [1.165, 1.54) is 11.8 Å². The summed E-state index contributed by atoms with van der Waals surface area (Å²) in [5.41, 5.74) is 0.857. The summed E-state index contributed by atoms with van der Waals surface area (Å²) in [5.74, 6) is 1.71. The van der Waals surface area contributed by atoms with E-state index in [-0.39, 0.29) is 11.9 Å². The molecule has 2 rings (SSSR count). The molecule has 0 aliphatic carbocycles. The highest BCUT2D eigenvalue weighted by Gasteiger charge is 2.17. The van der Waals surface area contributed by atoms with Gasteiger partial charge in [-0.1, -0.05) is 36.9 Å². The van der Waals surface area contributed by atoms with E-state index in [0.717, 1.165) is 17.7 Å². The van der Waals surface area contributed by atoms with Gasteiger partial charge in [-0.25, -0.2) is 0 Å². The number of carbonyl (C=O) groups is 1. The van der Waals surface area contributed by atoms with Crippen LogP contribution >= 0.6 is 11.8 Å². The summed E-state index contributed by atoms with van der Waals surface area (Å²) in [7, 11) is 1.63. The van der Waals surface area contributed by atoms with Crippen LogP contribution in [0.5, 0.6) is 5.75 Å². The van der Waals surface area contributed by atoms with E-state index in [9.17, 15) is 4.79 Å². The van der Waals surface area contributed by atoms with Gasteiger partial charge < -0.3 is 10.1 Å². The van der Waals surface area contributed by atoms with Crippen molar-refractivity contribution >= 4 is 17.7 Å². The Morgan fingerprint density at radius 1 is 1.44 bits per heavy atom. The van der Waals surface area contributed by atoms with E-state index in [4.69, 9.17) is 4.74 Å². The molecule has 0 spiro atoms. The second kappa shape index (κ2) is 9.27. The second-order valence-corrected chi connectivity index (χ2v) is 6.51. The number of hydrogen-bond acceptors (Lipinski definition) is 5. The lowest BCUT2D eigenvalue weighted by atomic mass is 10.2. The quantitative estimate of drug-likeness (QED) is 0.549. The fourth-order valence-corrected chi connectivity index (χ4v) is 3.03. The van der Waals surface area contributed by atoms with Crippen molar-refractivity contribution in [3.63, 3.8) is 0 Å². The molecular weight excluding hydrogens is 336 g/mol. The molecule has 1 amide bonds. The molecule has 1 aromatic carbocycles. The van der Waals surface area contributed by atoms with Gasteiger partial charge in [0.25, 0.3) is 0 Å². The maximum Gasteiger partial charge on any atom is 0.230 e. The Morgan fingerprint density at radius 2 is 2.20 bits per heavy atom. The normalized spacial score (nSPS) is 11.8. The average molecular weight is 360 g/mol. The number of amides is 1. The summed E-state index contributed by atoms with van der Waals surface area (Å²) < 4.78 is 7.36. The fourth-order valence-electron chi connectivity index (χ4n) is 2.27. The third-order valence-electron chi connectivity index (χ3n) is 3.73. The van der Waals surface area contributed by atoms with Gasteiger partial charge in [-0.15, -0.1) is 16.8 Å². The zero-order valence-electron chi connectivity index (χ0n) is 14.9. The average Bonchev–Trinajstić information content (AvgIpc) is 3.02. The predicted molar refractivity (Wildman–Crippen MR) is 101 cm³/mol. The van der Waals surface area contributed by atoms with Crippen LogP contribution in [0.4, 0.5) is 0 Å². The van der Waals surface area contributed by atoms with E-state index >= 15 is 0 Å². The number of hydrogen-bond donors (Lipinski definition) is 1. The van der Waals surface area contributed by atoms with Gasteiger partial charge in [-0.3, -0.25) is 9.36 Å². The topological polar surface area (TPSA) is 69.0 Å². The van der Waals surface area contributed by atoms with Crippen molar-refractivity contribution in [1.82, 2.24) is 20.1 Å². The minimum Gasteiger partial charge on any atom is -0.496 e. The van der Waals surface area contributed by atoms with Gasteiger partial charge >= 0.3 is 0 Å². The standard InChI is InChI=1S/C18H24N4O2S/c1-5-11-22-17(14-9-7-8-10-15(14)24-4)20-21-18(22)25-12-16(23)19-13(3)6-2/h5,7-10,13H,1,6,11-12H2,2-4H3,(H,19,23)/t13-/m1/s1. The minimum atomic E-state index is -0.00801. The van der Waals surface area contributed by atoms with E-state index in [1.807, 2.05) is 42.7 Å². The molecule has 1 N–H and O–H groups in total. The Labute approximate surface area is 152 Å². The van der Waals surface area contributed by atoms with Crippen LogP contribution in [0, 0.1) is 0 Å². The van der Waals surface area contributed by atoms with Crippen molar-refractivity contribution in [1.29, 1.82) is 0 Å². The number of nitrogens with zero attached hydrogens (tertiary/aromatic N) is 3. The Bertz CT molecular complexity index is 730. The first-order valence-electron chi connectivity index (χ1n) is 8.20. The number of methoxy groups -OCH3 is 1. The molecule has 1 atom stereocenters. The first-order valence-corrected chi connectivity index (χ1v) is 9.18. The van der Waals surface area contributed by atoms with E-state index in [1.54, 1.807) is 13.2 Å². The van der Waals surface area contributed by atoms with Crippen LogP contribution in [0.1, 0.15) is 20.3 Å². The molecule has 25 heavy (non-hydrogen) atoms. The van der Waals surface area contributed by atoms with Crippen molar-refractivity contribution in [3.8, 4) is 17.1 Å². The van der Waals surface area contributed by atoms with E-state index in [0.29, 0.717) is 23.3 Å². The number of aromatic nitrogens is 3. The molecule has 0 saturated carbocycles. The SMILES string of the molecule is C=CCn1c(SCC(=O)N[C@H](C)CC)nnc1-c1ccccc1OC. The van der Waals surface area contributed by atoms with Crippen LogP contribution in [0.2, 0.25) is 0 Å². The van der Waals surface area contributed by atoms with Crippen molar-refractivity contribution in [2.45, 2.75) is 38.0 Å². The maximum atomic E-state index is 12.0. The van der Waals surface area contributed by atoms with Gasteiger partial charge in [0.1, 0.15) is 5.75 Å². The third-order valence-corrected chi connectivity index (χ3v) is 4.70. The molecule has 0 bridgehead atoms. The highest BCUT2D eigenvalue weighted by Crippen LogP contribution is 2.30. The lowest BCUT2D eigenvalue weighted by molar-refractivity contribution is -0.119. The molecule has 2 aromatic rings. The maximum absolute atomic E-state index is 12.0.